The number of carboxylic acids is 2. The molecule has 0 aliphatic carbocycles. The zero-order valence-corrected chi connectivity index (χ0v) is 12.9. The predicted molar refractivity (Wildman–Crippen MR) is 83.1 cm³/mol. The monoisotopic (exact) mass is 336 g/mol. The highest BCUT2D eigenvalue weighted by molar-refractivity contribution is 7.99. The summed E-state index contributed by atoms with van der Waals surface area (Å²) in [6, 6.07) is 8.27. The number of hydrogen-bond donors (Lipinski definition) is 3. The second kappa shape index (κ2) is 7.75. The number of hydrogen-bond acceptors (Lipinski definition) is 6. The quantitative estimate of drug-likeness (QED) is 0.600. The molecule has 0 amide bonds. The van der Waals surface area contributed by atoms with Crippen LogP contribution < -0.4 is 5.73 Å². The average molecular weight is 336 g/mol. The Morgan fingerprint density at radius 1 is 1.26 bits per heavy atom. The lowest BCUT2D eigenvalue weighted by Crippen LogP contribution is -2.41. The summed E-state index contributed by atoms with van der Waals surface area (Å²) in [7, 11) is 0. The van der Waals surface area contributed by atoms with Crippen LogP contribution in [0.15, 0.2) is 41.8 Å². The lowest BCUT2D eigenvalue weighted by atomic mass is 10.1. The molecule has 0 saturated carbocycles. The van der Waals surface area contributed by atoms with Crippen molar-refractivity contribution < 1.29 is 19.8 Å². The van der Waals surface area contributed by atoms with Crippen LogP contribution in [0.1, 0.15) is 12.0 Å². The molecule has 0 aliphatic rings. The summed E-state index contributed by atoms with van der Waals surface area (Å²) >= 11 is 1.01. The van der Waals surface area contributed by atoms with Gasteiger partial charge in [0, 0.05) is 5.25 Å². The van der Waals surface area contributed by atoms with Gasteiger partial charge in [-0.15, -0.1) is 10.2 Å². The Kier molecular flexibility index (Phi) is 5.72. The second-order valence-electron chi connectivity index (χ2n) is 4.85. The van der Waals surface area contributed by atoms with E-state index in [0.29, 0.717) is 11.7 Å². The molecule has 2 unspecified atom stereocenters. The van der Waals surface area contributed by atoms with Gasteiger partial charge in [-0.05, 0) is 5.56 Å². The molecule has 0 spiro atoms. The third-order valence-electron chi connectivity index (χ3n) is 3.09. The zero-order valence-electron chi connectivity index (χ0n) is 12.1. The highest BCUT2D eigenvalue weighted by Crippen LogP contribution is 2.26. The third-order valence-corrected chi connectivity index (χ3v) is 4.38. The van der Waals surface area contributed by atoms with E-state index in [1.54, 1.807) is 4.57 Å². The van der Waals surface area contributed by atoms with Crippen LogP contribution in [0.4, 0.5) is 0 Å². The van der Waals surface area contributed by atoms with Crippen LogP contribution in [-0.2, 0) is 16.1 Å². The molecular formula is C14H16N4O4S. The van der Waals surface area contributed by atoms with Crippen molar-refractivity contribution in [1.29, 1.82) is 0 Å². The van der Waals surface area contributed by atoms with E-state index in [2.05, 4.69) is 10.2 Å². The van der Waals surface area contributed by atoms with Crippen molar-refractivity contribution in [3.63, 3.8) is 0 Å². The molecule has 0 aliphatic heterocycles. The largest absolute Gasteiger partial charge is 0.481 e. The second-order valence-corrected chi connectivity index (χ2v) is 6.05. The van der Waals surface area contributed by atoms with E-state index in [4.69, 9.17) is 15.9 Å². The van der Waals surface area contributed by atoms with Gasteiger partial charge in [-0.3, -0.25) is 9.59 Å². The van der Waals surface area contributed by atoms with E-state index in [1.165, 1.54) is 6.33 Å². The Labute approximate surface area is 136 Å². The van der Waals surface area contributed by atoms with Crippen LogP contribution >= 0.6 is 11.8 Å². The molecule has 4 N–H and O–H groups in total. The van der Waals surface area contributed by atoms with Crippen LogP contribution in [0.25, 0.3) is 0 Å². The summed E-state index contributed by atoms with van der Waals surface area (Å²) in [4.78, 5) is 22.0. The van der Waals surface area contributed by atoms with E-state index in [0.717, 1.165) is 17.3 Å². The van der Waals surface area contributed by atoms with Crippen LogP contribution in [0.2, 0.25) is 0 Å². The summed E-state index contributed by atoms with van der Waals surface area (Å²) < 4.78 is 1.73. The molecule has 1 aromatic carbocycles. The van der Waals surface area contributed by atoms with Crippen molar-refractivity contribution in [2.24, 2.45) is 5.73 Å². The van der Waals surface area contributed by atoms with Crippen molar-refractivity contribution in [1.82, 2.24) is 14.8 Å². The summed E-state index contributed by atoms with van der Waals surface area (Å²) in [6.07, 6.45) is 1.13. The molecule has 8 nitrogen and oxygen atoms in total. The lowest BCUT2D eigenvalue weighted by molar-refractivity contribution is -0.139. The summed E-state index contributed by atoms with van der Waals surface area (Å²) in [5, 5.41) is 25.3. The summed E-state index contributed by atoms with van der Waals surface area (Å²) in [6.45, 7) is 0.498. The van der Waals surface area contributed by atoms with Gasteiger partial charge >= 0.3 is 11.9 Å². The first-order valence-corrected chi connectivity index (χ1v) is 7.64. The number of aliphatic carboxylic acids is 2. The summed E-state index contributed by atoms with van der Waals surface area (Å²) in [5.41, 5.74) is 6.61. The fourth-order valence-corrected chi connectivity index (χ4v) is 3.03. The number of benzene rings is 1. The van der Waals surface area contributed by atoms with Crippen molar-refractivity contribution in [2.45, 2.75) is 29.4 Å². The minimum absolute atomic E-state index is 0.379. The van der Waals surface area contributed by atoms with Gasteiger partial charge in [-0.1, -0.05) is 42.1 Å². The number of aromatic nitrogens is 3. The molecule has 9 heteroatoms. The minimum Gasteiger partial charge on any atom is -0.481 e. The molecule has 0 saturated heterocycles. The van der Waals surface area contributed by atoms with E-state index in [1.807, 2.05) is 30.3 Å². The molecule has 1 heterocycles. The van der Waals surface area contributed by atoms with Gasteiger partial charge < -0.3 is 20.5 Å². The van der Waals surface area contributed by atoms with Crippen LogP contribution in [-0.4, -0.2) is 48.2 Å². The van der Waals surface area contributed by atoms with Gasteiger partial charge in [-0.2, -0.15) is 0 Å². The number of nitrogens with zero attached hydrogens (tertiary/aromatic N) is 3. The number of carboxylic acid groups (broad SMARTS) is 2. The maximum atomic E-state index is 11.1. The first kappa shape index (κ1) is 17.0. The number of carbonyl (C=O) groups is 2. The first-order valence-electron chi connectivity index (χ1n) is 6.76. The highest BCUT2D eigenvalue weighted by Gasteiger charge is 2.29. The van der Waals surface area contributed by atoms with Gasteiger partial charge in [0.2, 0.25) is 0 Å². The Hall–Kier alpha value is -2.39. The van der Waals surface area contributed by atoms with Gasteiger partial charge in [-0.25, -0.2) is 0 Å². The van der Waals surface area contributed by atoms with Gasteiger partial charge in [0.05, 0.1) is 13.0 Å². The number of thioether (sulfide) groups is 1. The fourth-order valence-electron chi connectivity index (χ4n) is 1.93. The number of rotatable bonds is 8. The Balaban J connectivity index is 2.15. The van der Waals surface area contributed by atoms with Crippen molar-refractivity contribution in [2.75, 3.05) is 0 Å². The smallest absolute Gasteiger partial charge is 0.321 e. The fraction of sp³-hybridized carbons (Fsp3) is 0.286. The Bertz CT molecular complexity index is 676. The molecular weight excluding hydrogens is 320 g/mol. The van der Waals surface area contributed by atoms with Crippen LogP contribution in [0.5, 0.6) is 0 Å². The summed E-state index contributed by atoms with van der Waals surface area (Å²) in [5.74, 6) is -2.37. The predicted octanol–water partition coefficient (Wildman–Crippen LogP) is 0.674. The molecule has 122 valence electrons. The van der Waals surface area contributed by atoms with Gasteiger partial charge in [0.15, 0.2) is 5.16 Å². The van der Waals surface area contributed by atoms with Crippen molar-refractivity contribution >= 4 is 23.7 Å². The normalized spacial score (nSPS) is 13.4. The lowest BCUT2D eigenvalue weighted by Gasteiger charge is -2.18. The molecule has 2 rings (SSSR count). The van der Waals surface area contributed by atoms with E-state index >= 15 is 0 Å². The maximum absolute atomic E-state index is 11.1. The van der Waals surface area contributed by atoms with Gasteiger partial charge in [0.25, 0.3) is 0 Å². The first-order chi connectivity index (χ1) is 11.0. The molecule has 2 atom stereocenters. The molecule has 0 bridgehead atoms. The third kappa shape index (κ3) is 4.80. The molecule has 1 aromatic heterocycles. The average Bonchev–Trinajstić information content (AvgIpc) is 2.93. The molecule has 23 heavy (non-hydrogen) atoms. The number of nitrogens with two attached hydrogens (primary N) is 1. The van der Waals surface area contributed by atoms with Crippen molar-refractivity contribution in [3.8, 4) is 0 Å². The van der Waals surface area contributed by atoms with Crippen molar-refractivity contribution in [3.05, 3.63) is 42.2 Å². The molecule has 2 aromatic rings. The van der Waals surface area contributed by atoms with Gasteiger partial charge in [0.1, 0.15) is 12.4 Å². The van der Waals surface area contributed by atoms with E-state index < -0.39 is 23.2 Å². The molecule has 0 fully saturated rings. The van der Waals surface area contributed by atoms with Crippen LogP contribution in [0, 0.1) is 0 Å². The van der Waals surface area contributed by atoms with E-state index in [9.17, 15) is 9.59 Å². The maximum Gasteiger partial charge on any atom is 0.321 e. The Morgan fingerprint density at radius 2 is 1.96 bits per heavy atom. The highest BCUT2D eigenvalue weighted by atomic mass is 32.2. The Morgan fingerprint density at radius 3 is 2.57 bits per heavy atom. The van der Waals surface area contributed by atoms with Crippen LogP contribution in [0.3, 0.4) is 0 Å². The topological polar surface area (TPSA) is 131 Å². The minimum atomic E-state index is -1.31. The SMILES string of the molecule is NC(C(=O)O)C(CC(=O)O)Sc1nncn1Cc1ccccc1. The zero-order chi connectivity index (χ0) is 16.8. The standard InChI is InChI=1S/C14H16N4O4S/c15-12(13(21)22)10(6-11(19)20)23-14-17-16-8-18(14)7-9-4-2-1-3-5-9/h1-5,8,10,12H,6-7,15H2,(H,19,20)(H,21,22). The van der Waals surface area contributed by atoms with E-state index in [-0.39, 0.29) is 6.42 Å². The molecule has 0 radical (unpaired) electrons.